The Bertz CT molecular complexity index is 560. The van der Waals surface area contributed by atoms with Crippen LogP contribution in [0.25, 0.3) is 0 Å². The normalized spacial score (nSPS) is 23.1. The third-order valence-corrected chi connectivity index (χ3v) is 4.57. The Morgan fingerprint density at radius 3 is 2.68 bits per heavy atom. The highest BCUT2D eigenvalue weighted by atomic mass is 79.9. The van der Waals surface area contributed by atoms with Gasteiger partial charge in [0, 0.05) is 16.2 Å². The fourth-order valence-corrected chi connectivity index (χ4v) is 2.76. The molecule has 1 aliphatic carbocycles. The maximum atomic E-state index is 12.2. The maximum absolute atomic E-state index is 12.2. The SMILES string of the molecule is O=C1CC(Nc2ccc(Cl)c(Br)c2)C(=O)N1C1CC1. The minimum atomic E-state index is -0.457. The summed E-state index contributed by atoms with van der Waals surface area (Å²) in [4.78, 5) is 25.4. The van der Waals surface area contributed by atoms with Crippen molar-refractivity contribution in [2.75, 3.05) is 5.32 Å². The van der Waals surface area contributed by atoms with E-state index in [9.17, 15) is 9.59 Å². The topological polar surface area (TPSA) is 49.4 Å². The summed E-state index contributed by atoms with van der Waals surface area (Å²) in [5.74, 6) is -0.184. The Morgan fingerprint density at radius 2 is 2.05 bits per heavy atom. The summed E-state index contributed by atoms with van der Waals surface area (Å²) in [6.45, 7) is 0. The van der Waals surface area contributed by atoms with E-state index >= 15 is 0 Å². The molecule has 1 saturated carbocycles. The van der Waals surface area contributed by atoms with Crippen LogP contribution in [0.5, 0.6) is 0 Å². The standard InChI is InChI=1S/C13H12BrClN2O2/c14-9-5-7(1-4-10(9)15)16-11-6-12(18)17(13(11)19)8-2-3-8/h1,4-5,8,11,16H,2-3,6H2. The van der Waals surface area contributed by atoms with Gasteiger partial charge in [0.15, 0.2) is 0 Å². The molecule has 6 heteroatoms. The molecule has 1 unspecified atom stereocenters. The largest absolute Gasteiger partial charge is 0.373 e. The van der Waals surface area contributed by atoms with Crippen LogP contribution in [0.2, 0.25) is 5.02 Å². The van der Waals surface area contributed by atoms with Crippen molar-refractivity contribution in [2.45, 2.75) is 31.3 Å². The van der Waals surface area contributed by atoms with Gasteiger partial charge in [-0.1, -0.05) is 11.6 Å². The van der Waals surface area contributed by atoms with Crippen LogP contribution in [0.3, 0.4) is 0 Å². The van der Waals surface area contributed by atoms with E-state index in [0.717, 1.165) is 23.0 Å². The van der Waals surface area contributed by atoms with Crippen molar-refractivity contribution in [3.8, 4) is 0 Å². The number of nitrogens with zero attached hydrogens (tertiary/aromatic N) is 1. The molecule has 2 aliphatic rings. The van der Waals surface area contributed by atoms with Gasteiger partial charge in [-0.15, -0.1) is 0 Å². The lowest BCUT2D eigenvalue weighted by Crippen LogP contribution is -2.36. The number of nitrogens with one attached hydrogen (secondary N) is 1. The molecular formula is C13H12BrClN2O2. The van der Waals surface area contributed by atoms with Crippen LogP contribution in [-0.2, 0) is 9.59 Å². The third-order valence-electron chi connectivity index (χ3n) is 3.36. The first-order valence-corrected chi connectivity index (χ1v) is 7.31. The van der Waals surface area contributed by atoms with Crippen LogP contribution < -0.4 is 5.32 Å². The van der Waals surface area contributed by atoms with E-state index in [4.69, 9.17) is 11.6 Å². The first-order chi connectivity index (χ1) is 9.06. The minimum Gasteiger partial charge on any atom is -0.373 e. The summed E-state index contributed by atoms with van der Waals surface area (Å²) in [6.07, 6.45) is 2.11. The number of likely N-dealkylation sites (tertiary alicyclic amines) is 1. The molecule has 0 aromatic heterocycles. The number of hydrogen-bond acceptors (Lipinski definition) is 3. The van der Waals surface area contributed by atoms with E-state index in [-0.39, 0.29) is 24.3 Å². The number of hydrogen-bond donors (Lipinski definition) is 1. The highest BCUT2D eigenvalue weighted by Gasteiger charge is 2.46. The smallest absolute Gasteiger partial charge is 0.252 e. The van der Waals surface area contributed by atoms with E-state index in [1.807, 2.05) is 0 Å². The number of amides is 2. The fourth-order valence-electron chi connectivity index (χ4n) is 2.27. The van der Waals surface area contributed by atoms with Crippen LogP contribution in [0.1, 0.15) is 19.3 Å². The molecule has 0 bridgehead atoms. The van der Waals surface area contributed by atoms with Crippen molar-refractivity contribution in [2.24, 2.45) is 0 Å². The molecule has 100 valence electrons. The average molecular weight is 344 g/mol. The number of carbonyl (C=O) groups excluding carboxylic acids is 2. The van der Waals surface area contributed by atoms with Crippen molar-refractivity contribution in [1.82, 2.24) is 4.90 Å². The van der Waals surface area contributed by atoms with E-state index in [1.54, 1.807) is 18.2 Å². The second-order valence-corrected chi connectivity index (χ2v) is 6.12. The summed E-state index contributed by atoms with van der Waals surface area (Å²) in [6, 6.07) is 5.03. The highest BCUT2D eigenvalue weighted by molar-refractivity contribution is 9.10. The zero-order valence-electron chi connectivity index (χ0n) is 10.0. The lowest BCUT2D eigenvalue weighted by Gasteiger charge is -2.15. The van der Waals surface area contributed by atoms with E-state index < -0.39 is 6.04 Å². The van der Waals surface area contributed by atoms with E-state index in [1.165, 1.54) is 4.90 Å². The number of halogens is 2. The summed E-state index contributed by atoms with van der Waals surface area (Å²) >= 11 is 9.25. The van der Waals surface area contributed by atoms with Gasteiger partial charge in [-0.2, -0.15) is 0 Å². The van der Waals surface area contributed by atoms with Gasteiger partial charge in [0.1, 0.15) is 6.04 Å². The number of imide groups is 1. The molecule has 19 heavy (non-hydrogen) atoms. The minimum absolute atomic E-state index is 0.0713. The molecule has 3 rings (SSSR count). The Labute approximate surface area is 124 Å². The summed E-state index contributed by atoms with van der Waals surface area (Å²) in [7, 11) is 0. The molecule has 2 fully saturated rings. The van der Waals surface area contributed by atoms with Crippen LogP contribution in [0.15, 0.2) is 22.7 Å². The predicted molar refractivity (Wildman–Crippen MR) is 76.1 cm³/mol. The number of rotatable bonds is 3. The molecule has 0 radical (unpaired) electrons. The molecule has 1 N–H and O–H groups in total. The van der Waals surface area contributed by atoms with Gasteiger partial charge in [-0.05, 0) is 47.0 Å². The van der Waals surface area contributed by atoms with Gasteiger partial charge in [0.2, 0.25) is 5.91 Å². The lowest BCUT2D eigenvalue weighted by molar-refractivity contribution is -0.139. The molecule has 1 atom stereocenters. The fraction of sp³-hybridized carbons (Fsp3) is 0.385. The maximum Gasteiger partial charge on any atom is 0.252 e. The second-order valence-electron chi connectivity index (χ2n) is 4.86. The van der Waals surface area contributed by atoms with Gasteiger partial charge >= 0.3 is 0 Å². The van der Waals surface area contributed by atoms with Gasteiger partial charge in [0.25, 0.3) is 5.91 Å². The van der Waals surface area contributed by atoms with Crippen LogP contribution in [0.4, 0.5) is 5.69 Å². The van der Waals surface area contributed by atoms with Crippen LogP contribution in [-0.4, -0.2) is 28.8 Å². The van der Waals surface area contributed by atoms with Gasteiger partial charge in [-0.3, -0.25) is 14.5 Å². The Hall–Kier alpha value is -1.07. The first-order valence-electron chi connectivity index (χ1n) is 6.14. The Morgan fingerprint density at radius 1 is 1.32 bits per heavy atom. The molecule has 1 aliphatic heterocycles. The van der Waals surface area contributed by atoms with Gasteiger partial charge < -0.3 is 5.32 Å². The first kappa shape index (κ1) is 12.9. The molecule has 1 aromatic rings. The number of benzene rings is 1. The Kier molecular flexibility index (Phi) is 3.27. The summed E-state index contributed by atoms with van der Waals surface area (Å²) in [5, 5.41) is 3.71. The monoisotopic (exact) mass is 342 g/mol. The number of anilines is 1. The van der Waals surface area contributed by atoms with Crippen LogP contribution >= 0.6 is 27.5 Å². The van der Waals surface area contributed by atoms with Crippen molar-refractivity contribution in [3.63, 3.8) is 0 Å². The predicted octanol–water partition coefficient (Wildman–Crippen LogP) is 2.80. The molecular weight excluding hydrogens is 332 g/mol. The quantitative estimate of drug-likeness (QED) is 0.859. The summed E-state index contributed by atoms with van der Waals surface area (Å²) in [5.41, 5.74) is 0.778. The molecule has 0 spiro atoms. The second kappa shape index (κ2) is 4.80. The highest BCUT2D eigenvalue weighted by Crippen LogP contribution is 2.33. The lowest BCUT2D eigenvalue weighted by atomic mass is 10.2. The van der Waals surface area contributed by atoms with Crippen molar-refractivity contribution >= 4 is 45.0 Å². The molecule has 2 amide bonds. The third kappa shape index (κ3) is 2.49. The van der Waals surface area contributed by atoms with Crippen molar-refractivity contribution in [1.29, 1.82) is 0 Å². The zero-order valence-corrected chi connectivity index (χ0v) is 12.4. The number of carbonyl (C=O) groups is 2. The molecule has 4 nitrogen and oxygen atoms in total. The van der Waals surface area contributed by atoms with Crippen molar-refractivity contribution < 1.29 is 9.59 Å². The zero-order chi connectivity index (χ0) is 13.6. The van der Waals surface area contributed by atoms with E-state index in [0.29, 0.717) is 5.02 Å². The molecule has 1 saturated heterocycles. The van der Waals surface area contributed by atoms with Gasteiger partial charge in [-0.25, -0.2) is 0 Å². The molecule has 1 heterocycles. The molecule has 1 aromatic carbocycles. The average Bonchev–Trinajstić information content (AvgIpc) is 3.13. The van der Waals surface area contributed by atoms with Gasteiger partial charge in [0.05, 0.1) is 11.4 Å². The van der Waals surface area contributed by atoms with Crippen LogP contribution in [0, 0.1) is 0 Å². The van der Waals surface area contributed by atoms with Crippen molar-refractivity contribution in [3.05, 3.63) is 27.7 Å². The Balaban J connectivity index is 1.74. The van der Waals surface area contributed by atoms with E-state index in [2.05, 4.69) is 21.2 Å². The summed E-state index contributed by atoms with van der Waals surface area (Å²) < 4.78 is 0.759.